The van der Waals surface area contributed by atoms with Crippen LogP contribution in [0.4, 0.5) is 29.0 Å². The normalized spacial score (nSPS) is 16.0. The largest absolute Gasteiger partial charge is 0.357 e. The number of rotatable bonds is 4. The average molecular weight is 387 g/mol. The molecule has 6 nitrogen and oxygen atoms in total. The van der Waals surface area contributed by atoms with Crippen molar-refractivity contribution in [3.8, 4) is 0 Å². The van der Waals surface area contributed by atoms with Gasteiger partial charge in [0.2, 0.25) is 5.95 Å². The molecule has 1 saturated heterocycles. The number of aryl methyl sites for hydroxylation is 2. The minimum Gasteiger partial charge on any atom is -0.357 e. The van der Waals surface area contributed by atoms with E-state index in [1.807, 2.05) is 18.5 Å². The zero-order valence-corrected chi connectivity index (χ0v) is 16.8. The summed E-state index contributed by atoms with van der Waals surface area (Å²) in [5.74, 6) is 2.56. The molecule has 2 aliphatic rings. The number of nitrogens with zero attached hydrogens (tertiary/aromatic N) is 5. The monoisotopic (exact) mass is 386 g/mol. The van der Waals surface area contributed by atoms with Crippen LogP contribution in [-0.4, -0.2) is 34.6 Å². The minimum absolute atomic E-state index is 0.595. The van der Waals surface area contributed by atoms with Gasteiger partial charge in [-0.2, -0.15) is 4.98 Å². The number of hydrogen-bond acceptors (Lipinski definition) is 6. The summed E-state index contributed by atoms with van der Waals surface area (Å²) in [6.45, 7) is 5.32. The van der Waals surface area contributed by atoms with Gasteiger partial charge in [0.25, 0.3) is 0 Å². The van der Waals surface area contributed by atoms with E-state index in [2.05, 4.69) is 62.3 Å². The van der Waals surface area contributed by atoms with Crippen molar-refractivity contribution in [1.29, 1.82) is 0 Å². The second-order valence-electron chi connectivity index (χ2n) is 7.85. The van der Waals surface area contributed by atoms with Crippen LogP contribution in [0.5, 0.6) is 0 Å². The first kappa shape index (κ1) is 17.9. The van der Waals surface area contributed by atoms with Gasteiger partial charge in [-0.3, -0.25) is 0 Å². The quantitative estimate of drug-likeness (QED) is 0.707. The SMILES string of the molecule is Cc1ccc2c(c1)CCCN2c1ccnc(Nc2ccc(N3CCCC3)nc2)n1. The zero-order chi connectivity index (χ0) is 19.6. The summed E-state index contributed by atoms with van der Waals surface area (Å²) < 4.78 is 0. The van der Waals surface area contributed by atoms with E-state index < -0.39 is 0 Å². The lowest BCUT2D eigenvalue weighted by atomic mass is 9.99. The van der Waals surface area contributed by atoms with Gasteiger partial charge in [0, 0.05) is 31.5 Å². The maximum atomic E-state index is 4.78. The molecule has 6 heteroatoms. The number of anilines is 5. The Hall–Kier alpha value is -3.15. The molecule has 0 spiro atoms. The Morgan fingerprint density at radius 3 is 2.62 bits per heavy atom. The van der Waals surface area contributed by atoms with Gasteiger partial charge in [-0.05, 0) is 62.4 Å². The summed E-state index contributed by atoms with van der Waals surface area (Å²) in [7, 11) is 0. The molecule has 3 aromatic rings. The van der Waals surface area contributed by atoms with Gasteiger partial charge in [0.05, 0.1) is 11.9 Å². The molecule has 1 aromatic carbocycles. The molecule has 0 bridgehead atoms. The van der Waals surface area contributed by atoms with Crippen molar-refractivity contribution in [2.75, 3.05) is 34.8 Å². The first-order valence-electron chi connectivity index (χ1n) is 10.4. The van der Waals surface area contributed by atoms with E-state index in [0.29, 0.717) is 5.95 Å². The fourth-order valence-corrected chi connectivity index (χ4v) is 4.25. The fraction of sp³-hybridized carbons (Fsp3) is 0.348. The number of benzene rings is 1. The highest BCUT2D eigenvalue weighted by Crippen LogP contribution is 2.33. The standard InChI is InChI=1S/C23H26N6/c1-17-6-8-20-18(15-17)5-4-14-29(20)22-10-11-24-23(27-22)26-19-7-9-21(25-16-19)28-12-2-3-13-28/h6-11,15-16H,2-5,12-14H2,1H3,(H,24,26,27). The van der Waals surface area contributed by atoms with E-state index >= 15 is 0 Å². The Morgan fingerprint density at radius 2 is 1.79 bits per heavy atom. The maximum absolute atomic E-state index is 4.78. The van der Waals surface area contributed by atoms with Crippen molar-refractivity contribution in [2.24, 2.45) is 0 Å². The molecule has 0 amide bonds. The number of pyridine rings is 1. The summed E-state index contributed by atoms with van der Waals surface area (Å²) in [4.78, 5) is 18.4. The fourth-order valence-electron chi connectivity index (χ4n) is 4.25. The zero-order valence-electron chi connectivity index (χ0n) is 16.8. The first-order chi connectivity index (χ1) is 14.3. The number of nitrogens with one attached hydrogen (secondary N) is 1. The Labute approximate surface area is 171 Å². The van der Waals surface area contributed by atoms with Crippen molar-refractivity contribution < 1.29 is 0 Å². The van der Waals surface area contributed by atoms with E-state index in [1.165, 1.54) is 29.7 Å². The number of aromatic nitrogens is 3. The van der Waals surface area contributed by atoms with E-state index in [-0.39, 0.29) is 0 Å². The topological polar surface area (TPSA) is 57.2 Å². The molecule has 2 aromatic heterocycles. The first-order valence-corrected chi connectivity index (χ1v) is 10.4. The van der Waals surface area contributed by atoms with Crippen molar-refractivity contribution >= 4 is 29.0 Å². The van der Waals surface area contributed by atoms with Crippen molar-refractivity contribution in [1.82, 2.24) is 15.0 Å². The molecule has 0 saturated carbocycles. The van der Waals surface area contributed by atoms with Gasteiger partial charge in [-0.15, -0.1) is 0 Å². The summed E-state index contributed by atoms with van der Waals surface area (Å²) in [6.07, 6.45) is 8.44. The van der Waals surface area contributed by atoms with Crippen LogP contribution < -0.4 is 15.1 Å². The van der Waals surface area contributed by atoms with Crippen molar-refractivity contribution in [3.05, 3.63) is 59.9 Å². The molecular formula is C23H26N6. The second kappa shape index (κ2) is 7.70. The van der Waals surface area contributed by atoms with Crippen LogP contribution >= 0.6 is 0 Å². The molecule has 148 valence electrons. The van der Waals surface area contributed by atoms with Crippen LogP contribution in [0.15, 0.2) is 48.8 Å². The van der Waals surface area contributed by atoms with Crippen LogP contribution in [-0.2, 0) is 6.42 Å². The summed E-state index contributed by atoms with van der Waals surface area (Å²) in [5.41, 5.74) is 4.86. The molecule has 0 aliphatic carbocycles. The van der Waals surface area contributed by atoms with E-state index in [0.717, 1.165) is 49.8 Å². The van der Waals surface area contributed by atoms with E-state index in [1.54, 1.807) is 0 Å². The highest BCUT2D eigenvalue weighted by atomic mass is 15.2. The lowest BCUT2D eigenvalue weighted by Gasteiger charge is -2.30. The van der Waals surface area contributed by atoms with Gasteiger partial charge in [0.1, 0.15) is 11.6 Å². The average Bonchev–Trinajstić information content (AvgIpc) is 3.29. The lowest BCUT2D eigenvalue weighted by Crippen LogP contribution is -2.25. The van der Waals surface area contributed by atoms with E-state index in [9.17, 15) is 0 Å². The Balaban J connectivity index is 1.35. The van der Waals surface area contributed by atoms with Crippen molar-refractivity contribution in [3.63, 3.8) is 0 Å². The van der Waals surface area contributed by atoms with E-state index in [4.69, 9.17) is 4.98 Å². The van der Waals surface area contributed by atoms with Gasteiger partial charge in [0.15, 0.2) is 0 Å². The van der Waals surface area contributed by atoms with Crippen LogP contribution in [0.3, 0.4) is 0 Å². The third kappa shape index (κ3) is 3.75. The Bertz CT molecular complexity index is 995. The number of fused-ring (bicyclic) bond motifs is 1. The molecule has 0 radical (unpaired) electrons. The van der Waals surface area contributed by atoms with Gasteiger partial charge >= 0.3 is 0 Å². The van der Waals surface area contributed by atoms with Gasteiger partial charge in [-0.25, -0.2) is 9.97 Å². The molecule has 0 unspecified atom stereocenters. The number of hydrogen-bond donors (Lipinski definition) is 1. The summed E-state index contributed by atoms with van der Waals surface area (Å²) in [6, 6.07) is 12.8. The predicted molar refractivity (Wildman–Crippen MR) is 118 cm³/mol. The molecule has 5 rings (SSSR count). The highest BCUT2D eigenvalue weighted by Gasteiger charge is 2.20. The predicted octanol–water partition coefficient (Wildman–Crippen LogP) is 4.61. The van der Waals surface area contributed by atoms with Gasteiger partial charge in [-0.1, -0.05) is 17.7 Å². The second-order valence-corrected chi connectivity index (χ2v) is 7.85. The smallest absolute Gasteiger partial charge is 0.229 e. The van der Waals surface area contributed by atoms with Crippen LogP contribution in [0, 0.1) is 6.92 Å². The molecule has 29 heavy (non-hydrogen) atoms. The van der Waals surface area contributed by atoms with Crippen LogP contribution in [0.25, 0.3) is 0 Å². The molecule has 1 fully saturated rings. The van der Waals surface area contributed by atoms with Crippen LogP contribution in [0.2, 0.25) is 0 Å². The van der Waals surface area contributed by atoms with Crippen molar-refractivity contribution in [2.45, 2.75) is 32.6 Å². The minimum atomic E-state index is 0.595. The summed E-state index contributed by atoms with van der Waals surface area (Å²) >= 11 is 0. The molecule has 1 N–H and O–H groups in total. The molecule has 2 aliphatic heterocycles. The van der Waals surface area contributed by atoms with Crippen LogP contribution in [0.1, 0.15) is 30.4 Å². The highest BCUT2D eigenvalue weighted by molar-refractivity contribution is 5.67. The Morgan fingerprint density at radius 1 is 0.897 bits per heavy atom. The Kier molecular flexibility index (Phi) is 4.76. The maximum Gasteiger partial charge on any atom is 0.229 e. The van der Waals surface area contributed by atoms with Gasteiger partial charge < -0.3 is 15.1 Å². The molecule has 0 atom stereocenters. The molecule has 4 heterocycles. The third-order valence-electron chi connectivity index (χ3n) is 5.71. The lowest BCUT2D eigenvalue weighted by molar-refractivity contribution is 0.758. The third-order valence-corrected chi connectivity index (χ3v) is 5.71. The summed E-state index contributed by atoms with van der Waals surface area (Å²) in [5, 5.41) is 3.30. The molecular weight excluding hydrogens is 360 g/mol.